The van der Waals surface area contributed by atoms with Gasteiger partial charge in [-0.15, -0.1) is 6.58 Å². The highest BCUT2D eigenvalue weighted by Gasteiger charge is 2.15. The zero-order valence-corrected chi connectivity index (χ0v) is 14.3. The summed E-state index contributed by atoms with van der Waals surface area (Å²) in [4.78, 5) is 0. The molecule has 0 saturated carbocycles. The van der Waals surface area contributed by atoms with Gasteiger partial charge in [-0.2, -0.15) is 8.42 Å². The second-order valence-corrected chi connectivity index (χ2v) is 5.61. The van der Waals surface area contributed by atoms with Crippen LogP contribution < -0.4 is 5.32 Å². The molecule has 0 fully saturated rings. The second kappa shape index (κ2) is 13.5. The molecule has 3 N–H and O–H groups in total. The Morgan fingerprint density at radius 3 is 1.75 bits per heavy atom. The smallest absolute Gasteiger partial charge is 0.382 e. The summed E-state index contributed by atoms with van der Waals surface area (Å²) >= 11 is 0. The second-order valence-electron chi connectivity index (χ2n) is 4.72. The highest BCUT2D eigenvalue weighted by Crippen LogP contribution is 1.96. The van der Waals surface area contributed by atoms with E-state index in [4.69, 9.17) is 22.3 Å². The molecule has 1 unspecified atom stereocenters. The highest BCUT2D eigenvalue weighted by molar-refractivity contribution is 7.79. The standard InChI is InChI=1S/C8H19N2.C4H10O.H2O4S/c1-6-7-9-8(2)10(3,4)5;1-3-5-4-2;1-5(2,3)4/h6,8-9H,1,7H2,2-5H3;3-4H2,1-2H3;(H2,1,2,3,4)/q+1;;. The Bertz CT molecular complexity index is 302. The van der Waals surface area contributed by atoms with Crippen molar-refractivity contribution in [2.75, 3.05) is 40.9 Å². The number of rotatable bonds is 6. The summed E-state index contributed by atoms with van der Waals surface area (Å²) in [6.07, 6.45) is 2.37. The maximum atomic E-state index is 8.74. The van der Waals surface area contributed by atoms with E-state index in [0.717, 1.165) is 24.2 Å². The molecule has 8 heteroatoms. The third-order valence-electron chi connectivity index (χ3n) is 2.13. The van der Waals surface area contributed by atoms with E-state index >= 15 is 0 Å². The quantitative estimate of drug-likeness (QED) is 0.295. The predicted molar refractivity (Wildman–Crippen MR) is 82.0 cm³/mol. The van der Waals surface area contributed by atoms with Crippen molar-refractivity contribution < 1.29 is 26.7 Å². The van der Waals surface area contributed by atoms with Gasteiger partial charge in [0.25, 0.3) is 0 Å². The molecule has 0 aliphatic heterocycles. The van der Waals surface area contributed by atoms with Crippen LogP contribution in [0.25, 0.3) is 0 Å². The van der Waals surface area contributed by atoms with Crippen molar-refractivity contribution in [1.82, 2.24) is 5.32 Å². The molecule has 0 bridgehead atoms. The number of ether oxygens (including phenoxy) is 1. The molecule has 0 rings (SSSR count). The summed E-state index contributed by atoms with van der Waals surface area (Å²) in [5, 5.41) is 3.33. The van der Waals surface area contributed by atoms with Crippen LogP contribution in [0.2, 0.25) is 0 Å². The monoisotopic (exact) mass is 315 g/mol. The summed E-state index contributed by atoms with van der Waals surface area (Å²) in [6, 6.07) is 0. The Kier molecular flexibility index (Phi) is 16.5. The van der Waals surface area contributed by atoms with Gasteiger partial charge in [-0.1, -0.05) is 6.08 Å². The summed E-state index contributed by atoms with van der Waals surface area (Å²) in [5.74, 6) is 0. The van der Waals surface area contributed by atoms with Crippen molar-refractivity contribution in [2.45, 2.75) is 26.9 Å². The van der Waals surface area contributed by atoms with Crippen LogP contribution in [0.4, 0.5) is 0 Å². The molecule has 0 heterocycles. The van der Waals surface area contributed by atoms with Crippen LogP contribution in [0.1, 0.15) is 20.8 Å². The molecule has 20 heavy (non-hydrogen) atoms. The fourth-order valence-corrected chi connectivity index (χ4v) is 0.732. The fourth-order valence-electron chi connectivity index (χ4n) is 0.732. The third-order valence-corrected chi connectivity index (χ3v) is 2.13. The van der Waals surface area contributed by atoms with Crippen molar-refractivity contribution in [3.8, 4) is 0 Å². The lowest BCUT2D eigenvalue weighted by Gasteiger charge is -2.31. The Labute approximate surface area is 123 Å². The van der Waals surface area contributed by atoms with Crippen molar-refractivity contribution in [3.63, 3.8) is 0 Å². The molecule has 124 valence electrons. The molecular weight excluding hydrogens is 284 g/mol. The molecule has 0 aromatic carbocycles. The van der Waals surface area contributed by atoms with Gasteiger partial charge < -0.3 is 9.22 Å². The molecule has 0 aliphatic carbocycles. The maximum absolute atomic E-state index is 8.74. The van der Waals surface area contributed by atoms with Gasteiger partial charge in [-0.3, -0.25) is 14.4 Å². The van der Waals surface area contributed by atoms with E-state index in [2.05, 4.69) is 40.0 Å². The van der Waals surface area contributed by atoms with Gasteiger partial charge in [0, 0.05) is 26.7 Å². The molecule has 7 nitrogen and oxygen atoms in total. The first-order valence-electron chi connectivity index (χ1n) is 6.33. The zero-order chi connectivity index (χ0) is 16.8. The molecule has 0 amide bonds. The van der Waals surface area contributed by atoms with Crippen LogP contribution in [-0.2, 0) is 15.1 Å². The highest BCUT2D eigenvalue weighted by atomic mass is 32.3. The minimum Gasteiger partial charge on any atom is -0.382 e. The summed E-state index contributed by atoms with van der Waals surface area (Å²) in [6.45, 7) is 12.4. The zero-order valence-electron chi connectivity index (χ0n) is 13.5. The van der Waals surface area contributed by atoms with Crippen LogP contribution in [0.3, 0.4) is 0 Å². The molecule has 0 aromatic rings. The van der Waals surface area contributed by atoms with Crippen molar-refractivity contribution in [2.24, 2.45) is 0 Å². The first kappa shape index (κ1) is 24.5. The van der Waals surface area contributed by atoms with Gasteiger partial charge >= 0.3 is 10.4 Å². The van der Waals surface area contributed by atoms with E-state index in [-0.39, 0.29) is 0 Å². The van der Waals surface area contributed by atoms with Crippen LogP contribution in [-0.4, -0.2) is 69.1 Å². The van der Waals surface area contributed by atoms with Crippen molar-refractivity contribution in [1.29, 1.82) is 0 Å². The summed E-state index contributed by atoms with van der Waals surface area (Å²) < 4.78 is 37.4. The van der Waals surface area contributed by atoms with E-state index in [1.165, 1.54) is 0 Å². The number of nitrogens with zero attached hydrogens (tertiary/aromatic N) is 1. The van der Waals surface area contributed by atoms with Gasteiger partial charge in [0.2, 0.25) is 0 Å². The maximum Gasteiger partial charge on any atom is 0.394 e. The third kappa shape index (κ3) is 36.0. The van der Waals surface area contributed by atoms with Gasteiger partial charge in [0.1, 0.15) is 6.17 Å². The SMILES string of the molecule is C=CCNC(C)[N+](C)(C)C.CCOCC.O=S(=O)(O)O. The minimum absolute atomic E-state index is 0.484. The van der Waals surface area contributed by atoms with Crippen molar-refractivity contribution in [3.05, 3.63) is 12.7 Å². The lowest BCUT2D eigenvalue weighted by atomic mass is 10.4. The Balaban J connectivity index is -0.000000244. The molecule has 0 saturated heterocycles. The van der Waals surface area contributed by atoms with Gasteiger partial charge in [-0.05, 0) is 13.8 Å². The van der Waals surface area contributed by atoms with Crippen LogP contribution in [0.15, 0.2) is 12.7 Å². The molecule has 0 aromatic heterocycles. The van der Waals surface area contributed by atoms with Crippen LogP contribution in [0.5, 0.6) is 0 Å². The predicted octanol–water partition coefficient (Wildman–Crippen LogP) is 1.20. The normalized spacial score (nSPS) is 12.4. The largest absolute Gasteiger partial charge is 0.394 e. The van der Waals surface area contributed by atoms with E-state index in [1.54, 1.807) is 0 Å². The number of nitrogens with one attached hydrogen (secondary N) is 1. The number of hydrogen-bond acceptors (Lipinski definition) is 4. The lowest BCUT2D eigenvalue weighted by molar-refractivity contribution is -0.897. The van der Waals surface area contributed by atoms with E-state index < -0.39 is 10.4 Å². The van der Waals surface area contributed by atoms with Gasteiger partial charge in [0.05, 0.1) is 21.1 Å². The molecule has 0 radical (unpaired) electrons. The lowest BCUT2D eigenvalue weighted by Crippen LogP contribution is -2.51. The first-order valence-corrected chi connectivity index (χ1v) is 7.72. The van der Waals surface area contributed by atoms with E-state index in [1.807, 2.05) is 19.9 Å². The summed E-state index contributed by atoms with van der Waals surface area (Å²) in [7, 11) is 1.84. The van der Waals surface area contributed by atoms with E-state index in [9.17, 15) is 0 Å². The molecule has 1 atom stereocenters. The van der Waals surface area contributed by atoms with E-state index in [0.29, 0.717) is 6.17 Å². The molecule has 0 aliphatic rings. The molecule has 0 spiro atoms. The van der Waals surface area contributed by atoms with Crippen molar-refractivity contribution >= 4 is 10.4 Å². The van der Waals surface area contributed by atoms with Crippen LogP contribution in [0, 0.1) is 0 Å². The Morgan fingerprint density at radius 1 is 1.25 bits per heavy atom. The Morgan fingerprint density at radius 2 is 1.60 bits per heavy atom. The average molecular weight is 315 g/mol. The average Bonchev–Trinajstić information content (AvgIpc) is 2.24. The summed E-state index contributed by atoms with van der Waals surface area (Å²) in [5.41, 5.74) is 0. The minimum atomic E-state index is -4.67. The number of hydrogen-bond donors (Lipinski definition) is 3. The molecular formula is C12H31N2O5S+. The van der Waals surface area contributed by atoms with Crippen LogP contribution >= 0.6 is 0 Å². The fraction of sp³-hybridized carbons (Fsp3) is 0.833. The number of quaternary nitrogens is 1. The topological polar surface area (TPSA) is 95.9 Å². The van der Waals surface area contributed by atoms with Gasteiger partial charge in [0.15, 0.2) is 0 Å². The Hall–Kier alpha value is -0.510. The first-order chi connectivity index (χ1) is 8.90. The van der Waals surface area contributed by atoms with Gasteiger partial charge in [-0.25, -0.2) is 0 Å².